The number of amides is 1. The molecule has 0 atom stereocenters. The number of anilines is 1. The molecule has 0 aliphatic rings. The molecule has 0 saturated heterocycles. The Morgan fingerprint density at radius 3 is 2.14 bits per heavy atom. The largest absolute Gasteiger partial charge is 0.480 e. The zero-order chi connectivity index (χ0) is 20.9. The molecule has 0 aromatic heterocycles. The van der Waals surface area contributed by atoms with Crippen molar-refractivity contribution in [1.29, 1.82) is 0 Å². The number of ether oxygens (including phenoxy) is 3. The zero-order valence-corrected chi connectivity index (χ0v) is 16.8. The minimum atomic E-state index is -0.497. The smallest absolute Gasteiger partial charge is 0.325 e. The van der Waals surface area contributed by atoms with Crippen LogP contribution in [-0.4, -0.2) is 44.1 Å². The van der Waals surface area contributed by atoms with Crippen molar-refractivity contribution in [3.05, 3.63) is 48.5 Å². The molecule has 1 amide bonds. The van der Waals surface area contributed by atoms with Crippen LogP contribution >= 0.6 is 0 Å². The summed E-state index contributed by atoms with van der Waals surface area (Å²) in [6, 6.07) is 13.9. The van der Waals surface area contributed by atoms with E-state index in [1.54, 1.807) is 48.5 Å². The Labute approximate surface area is 166 Å². The predicted octanol–water partition coefficient (Wildman–Crippen LogP) is 3.49. The van der Waals surface area contributed by atoms with Crippen LogP contribution in [0.3, 0.4) is 0 Å². The van der Waals surface area contributed by atoms with Gasteiger partial charge in [-0.2, -0.15) is 0 Å². The van der Waals surface area contributed by atoms with E-state index in [-0.39, 0.29) is 19.1 Å². The molecule has 152 valence electrons. The number of hydrogen-bond acceptors (Lipinski definition) is 6. The van der Waals surface area contributed by atoms with Crippen LogP contribution in [0, 0.1) is 0 Å². The Bertz CT molecular complexity index is 747. The van der Waals surface area contributed by atoms with Crippen LogP contribution in [0.2, 0.25) is 0 Å². The highest BCUT2D eigenvalue weighted by molar-refractivity contribution is 5.82. The monoisotopic (exact) mass is 388 g/mol. The standard InChI is InChI=1S/C18H20N2O5.C3H8/c1-20(11-18(22)23-2)17(21)12-24-15-5-3-4-6-16(15)25-14-9-7-13(19)8-10-14;1-3-2/h3-10H,11-12,19H2,1-2H3;3H2,1-2H3. The average molecular weight is 388 g/mol. The van der Waals surface area contributed by atoms with Gasteiger partial charge in [0.15, 0.2) is 18.1 Å². The van der Waals surface area contributed by atoms with E-state index >= 15 is 0 Å². The summed E-state index contributed by atoms with van der Waals surface area (Å²) in [5.74, 6) is 0.629. The van der Waals surface area contributed by atoms with E-state index in [0.29, 0.717) is 22.9 Å². The molecule has 0 unspecified atom stereocenters. The van der Waals surface area contributed by atoms with E-state index in [1.807, 2.05) is 0 Å². The van der Waals surface area contributed by atoms with Crippen molar-refractivity contribution in [2.24, 2.45) is 0 Å². The molecule has 2 N–H and O–H groups in total. The first-order valence-electron chi connectivity index (χ1n) is 8.97. The average Bonchev–Trinajstić information content (AvgIpc) is 2.69. The first-order valence-corrected chi connectivity index (χ1v) is 8.97. The molecule has 0 saturated carbocycles. The maximum atomic E-state index is 12.0. The number of nitrogen functional groups attached to an aromatic ring is 1. The second kappa shape index (κ2) is 12.2. The van der Waals surface area contributed by atoms with Crippen molar-refractivity contribution in [2.45, 2.75) is 20.3 Å². The Kier molecular flexibility index (Phi) is 9.96. The SMILES string of the molecule is CCC.COC(=O)CN(C)C(=O)COc1ccccc1Oc1ccc(N)cc1. The number of carbonyl (C=O) groups is 2. The summed E-state index contributed by atoms with van der Waals surface area (Å²) in [6.07, 6.45) is 1.25. The Balaban J connectivity index is 0.00000122. The molecule has 2 aromatic rings. The summed E-state index contributed by atoms with van der Waals surface area (Å²) in [6.45, 7) is 3.89. The van der Waals surface area contributed by atoms with Crippen molar-refractivity contribution >= 4 is 17.6 Å². The molecule has 0 fully saturated rings. The van der Waals surface area contributed by atoms with Gasteiger partial charge in [0, 0.05) is 12.7 Å². The van der Waals surface area contributed by atoms with Crippen molar-refractivity contribution in [1.82, 2.24) is 4.90 Å². The third kappa shape index (κ3) is 7.99. The van der Waals surface area contributed by atoms with E-state index in [2.05, 4.69) is 18.6 Å². The van der Waals surface area contributed by atoms with E-state index in [1.165, 1.54) is 25.5 Å². The van der Waals surface area contributed by atoms with Gasteiger partial charge in [0.2, 0.25) is 0 Å². The quantitative estimate of drug-likeness (QED) is 0.577. The van der Waals surface area contributed by atoms with Crippen LogP contribution in [0.25, 0.3) is 0 Å². The van der Waals surface area contributed by atoms with E-state index in [4.69, 9.17) is 15.2 Å². The number of carbonyl (C=O) groups excluding carboxylic acids is 2. The van der Waals surface area contributed by atoms with Crippen molar-refractivity contribution in [3.63, 3.8) is 0 Å². The molecule has 0 aliphatic carbocycles. The second-order valence-electron chi connectivity index (χ2n) is 5.94. The van der Waals surface area contributed by atoms with E-state index < -0.39 is 5.97 Å². The number of esters is 1. The summed E-state index contributed by atoms with van der Waals surface area (Å²) in [5.41, 5.74) is 6.28. The van der Waals surface area contributed by atoms with Crippen LogP contribution in [0.15, 0.2) is 48.5 Å². The molecule has 2 rings (SSSR count). The van der Waals surface area contributed by atoms with Gasteiger partial charge in [-0.15, -0.1) is 0 Å². The minimum absolute atomic E-state index is 0.137. The number of hydrogen-bond donors (Lipinski definition) is 1. The van der Waals surface area contributed by atoms with Gasteiger partial charge in [0.05, 0.1) is 7.11 Å². The first-order chi connectivity index (χ1) is 13.4. The third-order valence-electron chi connectivity index (χ3n) is 3.33. The van der Waals surface area contributed by atoms with E-state index in [9.17, 15) is 9.59 Å². The van der Waals surface area contributed by atoms with Crippen molar-refractivity contribution in [3.8, 4) is 17.2 Å². The van der Waals surface area contributed by atoms with Crippen LogP contribution in [0.4, 0.5) is 5.69 Å². The number of benzene rings is 2. The Morgan fingerprint density at radius 2 is 1.57 bits per heavy atom. The summed E-state index contributed by atoms with van der Waals surface area (Å²) in [4.78, 5) is 24.4. The number of likely N-dealkylation sites (N-methyl/N-ethyl adjacent to an activating group) is 1. The zero-order valence-electron chi connectivity index (χ0n) is 16.8. The lowest BCUT2D eigenvalue weighted by Crippen LogP contribution is -2.35. The Morgan fingerprint density at radius 1 is 1.00 bits per heavy atom. The summed E-state index contributed by atoms with van der Waals surface area (Å²) < 4.78 is 15.8. The third-order valence-corrected chi connectivity index (χ3v) is 3.33. The summed E-state index contributed by atoms with van der Waals surface area (Å²) >= 11 is 0. The molecule has 0 aliphatic heterocycles. The van der Waals surface area contributed by atoms with Gasteiger partial charge in [0.25, 0.3) is 5.91 Å². The highest BCUT2D eigenvalue weighted by Gasteiger charge is 2.15. The van der Waals surface area contributed by atoms with Crippen LogP contribution in [-0.2, 0) is 14.3 Å². The second-order valence-corrected chi connectivity index (χ2v) is 5.94. The van der Waals surface area contributed by atoms with Crippen LogP contribution < -0.4 is 15.2 Å². The summed E-state index contributed by atoms with van der Waals surface area (Å²) in [7, 11) is 2.77. The molecule has 0 spiro atoms. The Hall–Kier alpha value is -3.22. The number of nitrogens with zero attached hydrogens (tertiary/aromatic N) is 1. The topological polar surface area (TPSA) is 91.1 Å². The van der Waals surface area contributed by atoms with Gasteiger partial charge < -0.3 is 24.8 Å². The maximum Gasteiger partial charge on any atom is 0.325 e. The van der Waals surface area contributed by atoms with Gasteiger partial charge in [0.1, 0.15) is 12.3 Å². The van der Waals surface area contributed by atoms with Crippen molar-refractivity contribution < 1.29 is 23.8 Å². The van der Waals surface area contributed by atoms with Crippen molar-refractivity contribution in [2.75, 3.05) is 33.0 Å². The molecule has 28 heavy (non-hydrogen) atoms. The number of nitrogens with two attached hydrogens (primary N) is 1. The lowest BCUT2D eigenvalue weighted by Gasteiger charge is -2.17. The van der Waals surface area contributed by atoms with Crippen LogP contribution in [0.1, 0.15) is 20.3 Å². The number of rotatable bonds is 7. The lowest BCUT2D eigenvalue weighted by molar-refractivity contribution is -0.146. The maximum absolute atomic E-state index is 12.0. The van der Waals surface area contributed by atoms with E-state index in [0.717, 1.165) is 0 Å². The fourth-order valence-corrected chi connectivity index (χ4v) is 1.91. The highest BCUT2D eigenvalue weighted by Crippen LogP contribution is 2.31. The fraction of sp³-hybridized carbons (Fsp3) is 0.333. The fourth-order valence-electron chi connectivity index (χ4n) is 1.91. The minimum Gasteiger partial charge on any atom is -0.480 e. The predicted molar refractivity (Wildman–Crippen MR) is 108 cm³/mol. The van der Waals surface area contributed by atoms with Gasteiger partial charge in [-0.25, -0.2) is 0 Å². The molecule has 0 bridgehead atoms. The lowest BCUT2D eigenvalue weighted by atomic mass is 10.3. The number of para-hydroxylation sites is 2. The van der Waals surface area contributed by atoms with Gasteiger partial charge in [-0.3, -0.25) is 9.59 Å². The molecule has 2 aromatic carbocycles. The highest BCUT2D eigenvalue weighted by atomic mass is 16.5. The van der Waals surface area contributed by atoms with Gasteiger partial charge in [-0.05, 0) is 36.4 Å². The first kappa shape index (κ1) is 22.8. The molecule has 0 heterocycles. The molecule has 0 radical (unpaired) electrons. The molecular formula is C21H28N2O5. The van der Waals surface area contributed by atoms with Gasteiger partial charge in [-0.1, -0.05) is 32.4 Å². The molecular weight excluding hydrogens is 360 g/mol. The molecule has 7 heteroatoms. The van der Waals surface area contributed by atoms with Crippen LogP contribution in [0.5, 0.6) is 17.2 Å². The number of methoxy groups -OCH3 is 1. The summed E-state index contributed by atoms with van der Waals surface area (Å²) in [5, 5.41) is 0. The molecule has 7 nitrogen and oxygen atoms in total. The normalized spacial score (nSPS) is 9.57. The van der Waals surface area contributed by atoms with Gasteiger partial charge >= 0.3 is 5.97 Å².